The summed E-state index contributed by atoms with van der Waals surface area (Å²) in [6, 6.07) is 12.4. The molecule has 180 valence electrons. The summed E-state index contributed by atoms with van der Waals surface area (Å²) in [5.41, 5.74) is 6.76. The molecule has 2 aromatic carbocycles. The molecule has 0 saturated heterocycles. The van der Waals surface area contributed by atoms with Crippen molar-refractivity contribution in [1.29, 1.82) is 0 Å². The van der Waals surface area contributed by atoms with Crippen LogP contribution in [-0.4, -0.2) is 22.7 Å². The molecule has 1 aliphatic rings. The minimum absolute atomic E-state index is 0.146. The van der Waals surface area contributed by atoms with Gasteiger partial charge in [-0.05, 0) is 99.9 Å². The van der Waals surface area contributed by atoms with E-state index in [2.05, 4.69) is 39.9 Å². The van der Waals surface area contributed by atoms with Crippen molar-refractivity contribution in [2.75, 3.05) is 0 Å². The lowest BCUT2D eigenvalue weighted by molar-refractivity contribution is 0.0824. The second-order valence-electron chi connectivity index (χ2n) is 10.1. The van der Waals surface area contributed by atoms with Gasteiger partial charge in [-0.25, -0.2) is 0 Å². The summed E-state index contributed by atoms with van der Waals surface area (Å²) >= 11 is 0. The zero-order valence-corrected chi connectivity index (χ0v) is 21.0. The molecule has 0 bridgehead atoms. The molecule has 4 rings (SSSR count). The molecule has 0 spiro atoms. The SMILES string of the molecule is Cc1c(C)c2c(c(C)c1Cc1ccc(C(=O)N[C@H](C)[C@@H](O)c3ccccc3)o1)CCC(C)(C)O2. The molecule has 0 radical (unpaired) electrons. The first-order valence-corrected chi connectivity index (χ1v) is 12.0. The maximum Gasteiger partial charge on any atom is 0.287 e. The minimum atomic E-state index is -0.796. The zero-order chi connectivity index (χ0) is 24.6. The Kier molecular flexibility index (Phi) is 6.59. The fourth-order valence-electron chi connectivity index (χ4n) is 4.78. The topological polar surface area (TPSA) is 71.7 Å². The van der Waals surface area contributed by atoms with E-state index in [4.69, 9.17) is 9.15 Å². The van der Waals surface area contributed by atoms with E-state index >= 15 is 0 Å². The summed E-state index contributed by atoms with van der Waals surface area (Å²) in [4.78, 5) is 12.8. The number of ether oxygens (including phenoxy) is 1. The third-order valence-electron chi connectivity index (χ3n) is 7.10. The van der Waals surface area contributed by atoms with E-state index in [1.165, 1.54) is 27.8 Å². The largest absolute Gasteiger partial charge is 0.487 e. The number of benzene rings is 2. The molecule has 3 aromatic rings. The number of carbonyl (C=O) groups excluding carboxylic acids is 1. The van der Waals surface area contributed by atoms with E-state index in [0.717, 1.165) is 29.9 Å². The van der Waals surface area contributed by atoms with Crippen molar-refractivity contribution >= 4 is 5.91 Å². The fourth-order valence-corrected chi connectivity index (χ4v) is 4.78. The molecule has 1 aliphatic heterocycles. The number of nitrogens with one attached hydrogen (secondary N) is 1. The van der Waals surface area contributed by atoms with E-state index in [1.54, 1.807) is 13.0 Å². The van der Waals surface area contributed by atoms with Crippen molar-refractivity contribution in [3.63, 3.8) is 0 Å². The van der Waals surface area contributed by atoms with Gasteiger partial charge in [-0.3, -0.25) is 4.79 Å². The number of aliphatic hydroxyl groups is 1. The quantitative estimate of drug-likeness (QED) is 0.490. The molecule has 0 unspecified atom stereocenters. The Hall–Kier alpha value is -3.05. The van der Waals surface area contributed by atoms with E-state index in [9.17, 15) is 9.90 Å². The highest BCUT2D eigenvalue weighted by Crippen LogP contribution is 2.41. The molecule has 0 saturated carbocycles. The van der Waals surface area contributed by atoms with Crippen molar-refractivity contribution in [2.24, 2.45) is 0 Å². The van der Waals surface area contributed by atoms with Crippen LogP contribution in [0.15, 0.2) is 46.9 Å². The number of rotatable bonds is 6. The summed E-state index contributed by atoms with van der Waals surface area (Å²) in [6.07, 6.45) is 1.80. The highest BCUT2D eigenvalue weighted by molar-refractivity contribution is 5.91. The van der Waals surface area contributed by atoms with Crippen molar-refractivity contribution in [3.8, 4) is 5.75 Å². The van der Waals surface area contributed by atoms with Crippen LogP contribution in [0, 0.1) is 20.8 Å². The maximum atomic E-state index is 12.8. The molecule has 1 aromatic heterocycles. The van der Waals surface area contributed by atoms with Gasteiger partial charge in [0.25, 0.3) is 5.91 Å². The van der Waals surface area contributed by atoms with Gasteiger partial charge in [-0.15, -0.1) is 0 Å². The smallest absolute Gasteiger partial charge is 0.287 e. The lowest BCUT2D eigenvalue weighted by Gasteiger charge is -2.35. The third-order valence-corrected chi connectivity index (χ3v) is 7.10. The predicted octanol–water partition coefficient (Wildman–Crippen LogP) is 5.75. The second kappa shape index (κ2) is 9.30. The minimum Gasteiger partial charge on any atom is -0.487 e. The average molecular weight is 462 g/mol. The number of fused-ring (bicyclic) bond motifs is 1. The van der Waals surface area contributed by atoms with Crippen molar-refractivity contribution in [1.82, 2.24) is 5.32 Å². The molecule has 2 heterocycles. The number of hydrogen-bond acceptors (Lipinski definition) is 4. The fraction of sp³-hybridized carbons (Fsp3) is 0.414. The van der Waals surface area contributed by atoms with Crippen LogP contribution in [0.4, 0.5) is 0 Å². The Morgan fingerprint density at radius 3 is 2.47 bits per heavy atom. The summed E-state index contributed by atoms with van der Waals surface area (Å²) in [7, 11) is 0. The number of hydrogen-bond donors (Lipinski definition) is 2. The van der Waals surface area contributed by atoms with Gasteiger partial charge in [0.1, 0.15) is 17.1 Å². The Bertz CT molecular complexity index is 1190. The van der Waals surface area contributed by atoms with Crippen LogP contribution in [0.3, 0.4) is 0 Å². The number of furan rings is 1. The first-order valence-electron chi connectivity index (χ1n) is 12.0. The van der Waals surface area contributed by atoms with Gasteiger partial charge < -0.3 is 19.6 Å². The highest BCUT2D eigenvalue weighted by Gasteiger charge is 2.31. The molecule has 0 aliphatic carbocycles. The van der Waals surface area contributed by atoms with E-state index in [-0.39, 0.29) is 17.3 Å². The third kappa shape index (κ3) is 4.76. The standard InChI is InChI=1S/C29H35NO4/c1-17-18(2)27-23(14-15-29(5,6)34-27)19(3)24(17)16-22-12-13-25(33-22)28(32)30-20(4)26(31)21-10-8-7-9-11-21/h7-13,20,26,31H,14-16H2,1-6H3,(H,30,32)/t20-,26-/m1/s1. The van der Waals surface area contributed by atoms with Gasteiger partial charge in [-0.2, -0.15) is 0 Å². The zero-order valence-electron chi connectivity index (χ0n) is 21.0. The molecule has 34 heavy (non-hydrogen) atoms. The number of aliphatic hydroxyl groups excluding tert-OH is 1. The van der Waals surface area contributed by atoms with Gasteiger partial charge in [0.15, 0.2) is 5.76 Å². The van der Waals surface area contributed by atoms with Gasteiger partial charge in [0.2, 0.25) is 0 Å². The van der Waals surface area contributed by atoms with Gasteiger partial charge >= 0.3 is 0 Å². The van der Waals surface area contributed by atoms with Crippen LogP contribution in [-0.2, 0) is 12.8 Å². The van der Waals surface area contributed by atoms with E-state index in [0.29, 0.717) is 6.42 Å². The second-order valence-corrected chi connectivity index (χ2v) is 10.1. The van der Waals surface area contributed by atoms with Crippen LogP contribution >= 0.6 is 0 Å². The first kappa shape index (κ1) is 24.1. The Morgan fingerprint density at radius 2 is 1.76 bits per heavy atom. The summed E-state index contributed by atoms with van der Waals surface area (Å²) in [6.45, 7) is 12.5. The summed E-state index contributed by atoms with van der Waals surface area (Å²) < 4.78 is 12.3. The first-order chi connectivity index (χ1) is 16.1. The van der Waals surface area contributed by atoms with Crippen molar-refractivity contribution in [3.05, 3.63) is 87.4 Å². The van der Waals surface area contributed by atoms with Gasteiger partial charge in [0, 0.05) is 6.42 Å². The Morgan fingerprint density at radius 1 is 1.06 bits per heavy atom. The maximum absolute atomic E-state index is 12.8. The van der Waals surface area contributed by atoms with Gasteiger partial charge in [0.05, 0.1) is 12.1 Å². The van der Waals surface area contributed by atoms with Crippen LogP contribution in [0.5, 0.6) is 5.75 Å². The van der Waals surface area contributed by atoms with Gasteiger partial charge in [-0.1, -0.05) is 30.3 Å². The molecule has 2 atom stereocenters. The highest BCUT2D eigenvalue weighted by atomic mass is 16.5. The van der Waals surface area contributed by atoms with E-state index < -0.39 is 12.1 Å². The molecule has 1 amide bonds. The lowest BCUT2D eigenvalue weighted by atomic mass is 9.84. The van der Waals surface area contributed by atoms with Crippen LogP contribution in [0.25, 0.3) is 0 Å². The molecule has 5 heteroatoms. The molecule has 0 fully saturated rings. The average Bonchev–Trinajstić information content (AvgIpc) is 3.29. The van der Waals surface area contributed by atoms with Crippen LogP contribution < -0.4 is 10.1 Å². The van der Waals surface area contributed by atoms with Crippen molar-refractivity contribution < 1.29 is 19.1 Å². The number of carbonyl (C=O) groups is 1. The summed E-state index contributed by atoms with van der Waals surface area (Å²) in [5, 5.41) is 13.4. The van der Waals surface area contributed by atoms with E-state index in [1.807, 2.05) is 36.4 Å². The Labute approximate surface area is 202 Å². The van der Waals surface area contributed by atoms with Crippen LogP contribution in [0.2, 0.25) is 0 Å². The summed E-state index contributed by atoms with van der Waals surface area (Å²) in [5.74, 6) is 1.68. The normalized spacial score (nSPS) is 16.3. The molecule has 5 nitrogen and oxygen atoms in total. The monoisotopic (exact) mass is 461 g/mol. The lowest BCUT2D eigenvalue weighted by Crippen LogP contribution is -2.36. The van der Waals surface area contributed by atoms with Crippen molar-refractivity contribution in [2.45, 2.75) is 78.6 Å². The number of amides is 1. The van der Waals surface area contributed by atoms with Crippen LogP contribution in [0.1, 0.15) is 83.0 Å². The molecule has 2 N–H and O–H groups in total. The predicted molar refractivity (Wildman–Crippen MR) is 134 cm³/mol. The molecular weight excluding hydrogens is 426 g/mol. The Balaban J connectivity index is 1.50. The molecular formula is C29H35NO4.